The van der Waals surface area contributed by atoms with Gasteiger partial charge in [-0.05, 0) is 37.1 Å². The zero-order valence-electron chi connectivity index (χ0n) is 13.0. The summed E-state index contributed by atoms with van der Waals surface area (Å²) in [6.45, 7) is 5.30. The number of rotatable bonds is 7. The van der Waals surface area contributed by atoms with Crippen LogP contribution in [0.3, 0.4) is 0 Å². The van der Waals surface area contributed by atoms with Gasteiger partial charge in [-0.15, -0.1) is 0 Å². The lowest BCUT2D eigenvalue weighted by Crippen LogP contribution is -2.19. The maximum Gasteiger partial charge on any atom is 0.0597 e. The van der Waals surface area contributed by atoms with E-state index in [9.17, 15) is 0 Å². The van der Waals surface area contributed by atoms with E-state index in [2.05, 4.69) is 54.1 Å². The lowest BCUT2D eigenvalue weighted by Gasteiger charge is -2.25. The number of anilines is 2. The summed E-state index contributed by atoms with van der Waals surface area (Å²) in [5.74, 6) is 0. The van der Waals surface area contributed by atoms with Gasteiger partial charge in [-0.25, -0.2) is 0 Å². The maximum atomic E-state index is 6.04. The van der Waals surface area contributed by atoms with Gasteiger partial charge in [0.2, 0.25) is 0 Å². The molecule has 1 aromatic heterocycles. The highest BCUT2D eigenvalue weighted by Crippen LogP contribution is 2.26. The fraction of sp³-hybridized carbons (Fsp3) is 0.389. The Morgan fingerprint density at radius 1 is 1.05 bits per heavy atom. The molecule has 2 N–H and O–H groups in total. The summed E-state index contributed by atoms with van der Waals surface area (Å²) in [6, 6.07) is 14.7. The van der Waals surface area contributed by atoms with Crippen LogP contribution in [0.4, 0.5) is 11.4 Å². The third-order valence-electron chi connectivity index (χ3n) is 3.71. The largest absolute Gasteiger partial charge is 0.340 e. The van der Waals surface area contributed by atoms with Crippen LogP contribution in [0.1, 0.15) is 44.8 Å². The van der Waals surface area contributed by atoms with Gasteiger partial charge in [-0.2, -0.15) is 0 Å². The Balaban J connectivity index is 2.24. The zero-order valence-corrected chi connectivity index (χ0v) is 13.0. The van der Waals surface area contributed by atoms with Crippen molar-refractivity contribution in [2.75, 3.05) is 11.4 Å². The number of unbranched alkanes of at least 4 members (excludes halogenated alkanes) is 1. The molecule has 0 saturated carbocycles. The van der Waals surface area contributed by atoms with Gasteiger partial charge >= 0.3 is 0 Å². The van der Waals surface area contributed by atoms with E-state index in [1.54, 1.807) is 0 Å². The van der Waals surface area contributed by atoms with E-state index in [0.29, 0.717) is 0 Å². The molecule has 0 spiro atoms. The van der Waals surface area contributed by atoms with Crippen LogP contribution in [-0.2, 0) is 0 Å². The SMILES string of the molecule is CCCCN(c1ccccc1)c1ccc([C@H](N)CC)nc1. The highest BCUT2D eigenvalue weighted by Gasteiger charge is 2.10. The fourth-order valence-corrected chi connectivity index (χ4v) is 2.32. The molecule has 3 nitrogen and oxygen atoms in total. The monoisotopic (exact) mass is 283 g/mol. The van der Waals surface area contributed by atoms with Crippen LogP contribution in [0.25, 0.3) is 0 Å². The third kappa shape index (κ3) is 4.05. The average Bonchev–Trinajstić information content (AvgIpc) is 2.56. The highest BCUT2D eigenvalue weighted by molar-refractivity contribution is 5.62. The van der Waals surface area contributed by atoms with Gasteiger partial charge in [0, 0.05) is 18.3 Å². The fourth-order valence-electron chi connectivity index (χ4n) is 2.32. The second-order valence-corrected chi connectivity index (χ2v) is 5.30. The number of pyridine rings is 1. The first kappa shape index (κ1) is 15.5. The molecule has 0 saturated heterocycles. The number of para-hydroxylation sites is 1. The quantitative estimate of drug-likeness (QED) is 0.817. The van der Waals surface area contributed by atoms with Gasteiger partial charge < -0.3 is 10.6 Å². The molecule has 1 atom stereocenters. The lowest BCUT2D eigenvalue weighted by atomic mass is 10.1. The standard InChI is InChI=1S/C18H25N3/c1-3-5-13-21(15-9-7-6-8-10-15)16-11-12-18(20-14-16)17(19)4-2/h6-12,14,17H,3-5,13,19H2,1-2H3/t17-/m1/s1. The zero-order chi connectivity index (χ0) is 15.1. The molecule has 0 aliphatic rings. The molecule has 2 aromatic rings. The van der Waals surface area contributed by atoms with Crippen molar-refractivity contribution in [1.82, 2.24) is 4.98 Å². The minimum atomic E-state index is 0.0277. The molecule has 0 radical (unpaired) electrons. The van der Waals surface area contributed by atoms with Crippen LogP contribution >= 0.6 is 0 Å². The van der Waals surface area contributed by atoms with Gasteiger partial charge in [-0.3, -0.25) is 4.98 Å². The summed E-state index contributed by atoms with van der Waals surface area (Å²) >= 11 is 0. The van der Waals surface area contributed by atoms with E-state index in [1.165, 1.54) is 12.1 Å². The van der Waals surface area contributed by atoms with E-state index in [1.807, 2.05) is 18.3 Å². The minimum Gasteiger partial charge on any atom is -0.340 e. The van der Waals surface area contributed by atoms with Gasteiger partial charge in [-0.1, -0.05) is 38.5 Å². The molecule has 0 fully saturated rings. The molecule has 1 heterocycles. The number of aromatic nitrogens is 1. The first-order valence-electron chi connectivity index (χ1n) is 7.80. The summed E-state index contributed by atoms with van der Waals surface area (Å²) in [4.78, 5) is 6.85. The molecule has 1 aromatic carbocycles. The van der Waals surface area contributed by atoms with Crippen molar-refractivity contribution in [3.8, 4) is 0 Å². The Kier molecular flexibility index (Phi) is 5.76. The van der Waals surface area contributed by atoms with Crippen LogP contribution in [0, 0.1) is 0 Å². The van der Waals surface area contributed by atoms with E-state index >= 15 is 0 Å². The number of benzene rings is 1. The number of hydrogen-bond donors (Lipinski definition) is 1. The van der Waals surface area contributed by atoms with Crippen molar-refractivity contribution in [3.63, 3.8) is 0 Å². The summed E-state index contributed by atoms with van der Waals surface area (Å²) in [5.41, 5.74) is 9.33. The van der Waals surface area contributed by atoms with Crippen LogP contribution < -0.4 is 10.6 Å². The Morgan fingerprint density at radius 2 is 1.81 bits per heavy atom. The van der Waals surface area contributed by atoms with Gasteiger partial charge in [0.15, 0.2) is 0 Å². The summed E-state index contributed by atoms with van der Waals surface area (Å²) < 4.78 is 0. The summed E-state index contributed by atoms with van der Waals surface area (Å²) in [7, 11) is 0. The molecule has 2 rings (SSSR count). The number of nitrogens with two attached hydrogens (primary N) is 1. The number of hydrogen-bond acceptors (Lipinski definition) is 3. The molecule has 0 bridgehead atoms. The van der Waals surface area contributed by atoms with Crippen molar-refractivity contribution >= 4 is 11.4 Å². The van der Waals surface area contributed by atoms with Gasteiger partial charge in [0.25, 0.3) is 0 Å². The molecule has 3 heteroatoms. The Hall–Kier alpha value is -1.87. The molecule has 0 aliphatic carbocycles. The predicted octanol–water partition coefficient (Wildman–Crippen LogP) is 4.43. The molecular formula is C18H25N3. The summed E-state index contributed by atoms with van der Waals surface area (Å²) in [6.07, 6.45) is 5.18. The number of nitrogens with zero attached hydrogens (tertiary/aromatic N) is 2. The van der Waals surface area contributed by atoms with E-state index < -0.39 is 0 Å². The first-order valence-corrected chi connectivity index (χ1v) is 7.80. The minimum absolute atomic E-state index is 0.0277. The van der Waals surface area contributed by atoms with Crippen molar-refractivity contribution in [1.29, 1.82) is 0 Å². The second-order valence-electron chi connectivity index (χ2n) is 5.30. The maximum absolute atomic E-state index is 6.04. The Bertz CT molecular complexity index is 522. The Labute approximate surface area is 127 Å². The molecular weight excluding hydrogens is 258 g/mol. The van der Waals surface area contributed by atoms with Crippen molar-refractivity contribution < 1.29 is 0 Å². The molecule has 0 aliphatic heterocycles. The highest BCUT2D eigenvalue weighted by atomic mass is 15.1. The molecule has 112 valence electrons. The third-order valence-corrected chi connectivity index (χ3v) is 3.71. The summed E-state index contributed by atoms with van der Waals surface area (Å²) in [5, 5.41) is 0. The normalized spacial score (nSPS) is 12.1. The molecule has 0 unspecified atom stereocenters. The van der Waals surface area contributed by atoms with Gasteiger partial charge in [0.1, 0.15) is 0 Å². The van der Waals surface area contributed by atoms with Crippen molar-refractivity contribution in [2.24, 2.45) is 5.73 Å². The van der Waals surface area contributed by atoms with Crippen molar-refractivity contribution in [2.45, 2.75) is 39.2 Å². The van der Waals surface area contributed by atoms with Crippen molar-refractivity contribution in [3.05, 3.63) is 54.4 Å². The lowest BCUT2D eigenvalue weighted by molar-refractivity contribution is 0.675. The van der Waals surface area contributed by atoms with E-state index in [4.69, 9.17) is 5.73 Å². The Morgan fingerprint density at radius 3 is 2.38 bits per heavy atom. The molecule has 0 amide bonds. The smallest absolute Gasteiger partial charge is 0.0597 e. The van der Waals surface area contributed by atoms with E-state index in [-0.39, 0.29) is 6.04 Å². The van der Waals surface area contributed by atoms with Crippen LogP contribution in [0.2, 0.25) is 0 Å². The predicted molar refractivity (Wildman–Crippen MR) is 89.8 cm³/mol. The first-order chi connectivity index (χ1) is 10.3. The van der Waals surface area contributed by atoms with Crippen LogP contribution in [-0.4, -0.2) is 11.5 Å². The second kappa shape index (κ2) is 7.79. The van der Waals surface area contributed by atoms with Crippen LogP contribution in [0.15, 0.2) is 48.7 Å². The molecule has 21 heavy (non-hydrogen) atoms. The topological polar surface area (TPSA) is 42.1 Å². The van der Waals surface area contributed by atoms with Gasteiger partial charge in [0.05, 0.1) is 17.6 Å². The van der Waals surface area contributed by atoms with Crippen LogP contribution in [0.5, 0.6) is 0 Å². The van der Waals surface area contributed by atoms with E-state index in [0.717, 1.165) is 30.8 Å². The average molecular weight is 283 g/mol.